The normalized spacial score (nSPS) is 10.2. The van der Waals surface area contributed by atoms with E-state index in [9.17, 15) is 10.1 Å². The summed E-state index contributed by atoms with van der Waals surface area (Å²) >= 11 is 0. The van der Waals surface area contributed by atoms with Gasteiger partial charge in [0.2, 0.25) is 0 Å². The molecule has 0 amide bonds. The minimum absolute atomic E-state index is 0.187. The molecule has 2 aromatic rings. The Morgan fingerprint density at radius 1 is 1.53 bits per heavy atom. The zero-order chi connectivity index (χ0) is 13.7. The minimum atomic E-state index is -0.538. The number of nitrogens with one attached hydrogen (secondary N) is 2. The van der Waals surface area contributed by atoms with Gasteiger partial charge in [-0.1, -0.05) is 11.2 Å². The summed E-state index contributed by atoms with van der Waals surface area (Å²) in [6.45, 7) is 0.834. The Balaban J connectivity index is 2.14. The third kappa shape index (κ3) is 3.19. The molecule has 0 aliphatic carbocycles. The van der Waals surface area contributed by atoms with Crippen molar-refractivity contribution in [3.05, 3.63) is 40.6 Å². The SMILES string of the molecule is NCCOc1cccc(Nc2cn[nH]c2[N+](=O)[O-])c1. The van der Waals surface area contributed by atoms with E-state index in [4.69, 9.17) is 10.5 Å². The highest BCUT2D eigenvalue weighted by Gasteiger charge is 2.14. The molecule has 0 radical (unpaired) electrons. The number of nitrogens with zero attached hydrogens (tertiary/aromatic N) is 2. The lowest BCUT2D eigenvalue weighted by molar-refractivity contribution is -0.388. The summed E-state index contributed by atoms with van der Waals surface area (Å²) in [5, 5.41) is 19.6. The zero-order valence-electron chi connectivity index (χ0n) is 10.00. The standard InChI is InChI=1S/C11H13N5O3/c12-4-5-19-9-3-1-2-8(6-9)14-10-7-13-15-11(10)16(17)18/h1-3,6-7,14H,4-5,12H2,(H,13,15). The molecule has 0 aliphatic rings. The molecule has 4 N–H and O–H groups in total. The number of hydrogen-bond donors (Lipinski definition) is 3. The van der Waals surface area contributed by atoms with Gasteiger partial charge in [-0.15, -0.1) is 5.10 Å². The second kappa shape index (κ2) is 5.83. The molecule has 19 heavy (non-hydrogen) atoms. The Morgan fingerprint density at radius 3 is 3.11 bits per heavy atom. The smallest absolute Gasteiger partial charge is 0.366 e. The summed E-state index contributed by atoms with van der Waals surface area (Å²) in [5.41, 5.74) is 6.31. The summed E-state index contributed by atoms with van der Waals surface area (Å²) in [6, 6.07) is 7.06. The highest BCUT2D eigenvalue weighted by molar-refractivity contribution is 5.66. The molecule has 0 unspecified atom stereocenters. The van der Waals surface area contributed by atoms with Crippen LogP contribution in [0.25, 0.3) is 0 Å². The van der Waals surface area contributed by atoms with Crippen LogP contribution in [0.1, 0.15) is 0 Å². The van der Waals surface area contributed by atoms with E-state index in [1.807, 2.05) is 0 Å². The molecule has 100 valence electrons. The number of benzene rings is 1. The second-order valence-corrected chi connectivity index (χ2v) is 3.68. The van der Waals surface area contributed by atoms with Gasteiger partial charge in [0.15, 0.2) is 5.69 Å². The van der Waals surface area contributed by atoms with E-state index in [0.29, 0.717) is 30.3 Å². The van der Waals surface area contributed by atoms with Gasteiger partial charge in [0, 0.05) is 18.3 Å². The average Bonchev–Trinajstić information content (AvgIpc) is 2.85. The van der Waals surface area contributed by atoms with Crippen molar-refractivity contribution >= 4 is 17.2 Å². The first kappa shape index (κ1) is 12.8. The summed E-state index contributed by atoms with van der Waals surface area (Å²) in [7, 11) is 0. The van der Waals surface area contributed by atoms with Crippen LogP contribution in [0.4, 0.5) is 17.2 Å². The highest BCUT2D eigenvalue weighted by atomic mass is 16.6. The van der Waals surface area contributed by atoms with Gasteiger partial charge in [-0.25, -0.2) is 0 Å². The van der Waals surface area contributed by atoms with Gasteiger partial charge in [0.25, 0.3) is 0 Å². The van der Waals surface area contributed by atoms with Crippen molar-refractivity contribution in [2.24, 2.45) is 5.73 Å². The van der Waals surface area contributed by atoms with Crippen LogP contribution in [0.3, 0.4) is 0 Å². The van der Waals surface area contributed by atoms with Gasteiger partial charge in [-0.3, -0.25) is 0 Å². The number of H-pyrrole nitrogens is 1. The first-order chi connectivity index (χ1) is 9.20. The number of rotatable bonds is 6. The van der Waals surface area contributed by atoms with Crippen LogP contribution in [-0.2, 0) is 0 Å². The number of hydrogen-bond acceptors (Lipinski definition) is 6. The number of nitrogens with two attached hydrogens (primary N) is 1. The minimum Gasteiger partial charge on any atom is -0.492 e. The topological polar surface area (TPSA) is 119 Å². The molecule has 1 aromatic carbocycles. The maximum Gasteiger partial charge on any atom is 0.366 e. The Kier molecular flexibility index (Phi) is 3.94. The lowest BCUT2D eigenvalue weighted by Crippen LogP contribution is -2.10. The zero-order valence-corrected chi connectivity index (χ0v) is 10.00. The highest BCUT2D eigenvalue weighted by Crippen LogP contribution is 2.26. The number of aromatic amines is 1. The molecule has 8 nitrogen and oxygen atoms in total. The molecule has 1 heterocycles. The van der Waals surface area contributed by atoms with Gasteiger partial charge in [-0.2, -0.15) is 0 Å². The molecule has 0 saturated carbocycles. The molecular weight excluding hydrogens is 250 g/mol. The van der Waals surface area contributed by atoms with E-state index < -0.39 is 4.92 Å². The van der Waals surface area contributed by atoms with Crippen molar-refractivity contribution in [1.29, 1.82) is 0 Å². The Morgan fingerprint density at radius 2 is 2.37 bits per heavy atom. The molecule has 0 saturated heterocycles. The maximum absolute atomic E-state index is 10.7. The summed E-state index contributed by atoms with van der Waals surface area (Å²) in [5.74, 6) is 0.454. The van der Waals surface area contributed by atoms with Gasteiger partial charge in [0.1, 0.15) is 18.6 Å². The Hall–Kier alpha value is -2.61. The van der Waals surface area contributed by atoms with E-state index in [2.05, 4.69) is 15.5 Å². The van der Waals surface area contributed by atoms with E-state index >= 15 is 0 Å². The number of aromatic nitrogens is 2. The lowest BCUT2D eigenvalue weighted by atomic mass is 10.3. The van der Waals surface area contributed by atoms with Gasteiger partial charge >= 0.3 is 5.82 Å². The Labute approximate surface area is 108 Å². The molecule has 0 spiro atoms. The largest absolute Gasteiger partial charge is 0.492 e. The van der Waals surface area contributed by atoms with Crippen LogP contribution < -0.4 is 15.8 Å². The van der Waals surface area contributed by atoms with Crippen molar-refractivity contribution in [3.63, 3.8) is 0 Å². The van der Waals surface area contributed by atoms with Crippen LogP contribution in [-0.4, -0.2) is 28.3 Å². The average molecular weight is 263 g/mol. The van der Waals surface area contributed by atoms with Crippen LogP contribution in [0.2, 0.25) is 0 Å². The molecule has 8 heteroatoms. The molecule has 1 aromatic heterocycles. The molecule has 0 aliphatic heterocycles. The fraction of sp³-hybridized carbons (Fsp3) is 0.182. The molecule has 0 bridgehead atoms. The lowest BCUT2D eigenvalue weighted by Gasteiger charge is -2.07. The monoisotopic (exact) mass is 263 g/mol. The van der Waals surface area contributed by atoms with Gasteiger partial charge in [0.05, 0.1) is 0 Å². The number of anilines is 2. The third-order valence-electron chi connectivity index (χ3n) is 2.30. The Bertz CT molecular complexity index is 569. The fourth-order valence-corrected chi connectivity index (χ4v) is 1.51. The summed E-state index contributed by atoms with van der Waals surface area (Å²) in [6.07, 6.45) is 1.35. The quantitative estimate of drug-likeness (QED) is 0.535. The maximum atomic E-state index is 10.7. The van der Waals surface area contributed by atoms with E-state index in [-0.39, 0.29) is 5.82 Å². The predicted molar refractivity (Wildman–Crippen MR) is 69.5 cm³/mol. The van der Waals surface area contributed by atoms with E-state index in [1.165, 1.54) is 6.20 Å². The molecule has 0 atom stereocenters. The molecule has 2 rings (SSSR count). The van der Waals surface area contributed by atoms with Crippen LogP contribution in [0.15, 0.2) is 30.5 Å². The van der Waals surface area contributed by atoms with E-state index in [0.717, 1.165) is 0 Å². The van der Waals surface area contributed by atoms with Crippen LogP contribution in [0.5, 0.6) is 5.75 Å². The van der Waals surface area contributed by atoms with Crippen molar-refractivity contribution < 1.29 is 9.66 Å². The van der Waals surface area contributed by atoms with Gasteiger partial charge < -0.3 is 25.9 Å². The van der Waals surface area contributed by atoms with Crippen molar-refractivity contribution in [2.45, 2.75) is 0 Å². The first-order valence-corrected chi connectivity index (χ1v) is 5.58. The first-order valence-electron chi connectivity index (χ1n) is 5.58. The summed E-state index contributed by atoms with van der Waals surface area (Å²) in [4.78, 5) is 10.2. The van der Waals surface area contributed by atoms with Crippen molar-refractivity contribution in [1.82, 2.24) is 10.2 Å². The van der Waals surface area contributed by atoms with E-state index in [1.54, 1.807) is 24.3 Å². The number of nitro groups is 1. The number of ether oxygens (including phenoxy) is 1. The predicted octanol–water partition coefficient (Wildman–Crippen LogP) is 1.40. The second-order valence-electron chi connectivity index (χ2n) is 3.68. The molecule has 0 fully saturated rings. The van der Waals surface area contributed by atoms with Crippen LogP contribution >= 0.6 is 0 Å². The van der Waals surface area contributed by atoms with Crippen molar-refractivity contribution in [2.75, 3.05) is 18.5 Å². The molecular formula is C11H13N5O3. The summed E-state index contributed by atoms with van der Waals surface area (Å²) < 4.78 is 5.37. The van der Waals surface area contributed by atoms with Crippen LogP contribution in [0, 0.1) is 10.1 Å². The van der Waals surface area contributed by atoms with Gasteiger partial charge in [-0.05, 0) is 17.1 Å². The van der Waals surface area contributed by atoms with Crippen molar-refractivity contribution in [3.8, 4) is 5.75 Å². The third-order valence-corrected chi connectivity index (χ3v) is 2.30. The fourth-order valence-electron chi connectivity index (χ4n) is 1.51.